The third-order valence-electron chi connectivity index (χ3n) is 4.74. The average Bonchev–Trinajstić information content (AvgIpc) is 3.35. The highest BCUT2D eigenvalue weighted by Crippen LogP contribution is 2.34. The van der Waals surface area contributed by atoms with E-state index in [0.717, 1.165) is 46.0 Å². The van der Waals surface area contributed by atoms with E-state index in [2.05, 4.69) is 25.1 Å². The topological polar surface area (TPSA) is 89.4 Å². The predicted octanol–water partition coefficient (Wildman–Crippen LogP) is 2.96. The molecule has 0 atom stereocenters. The largest absolute Gasteiger partial charge is 0.309 e. The molecule has 0 aromatic carbocycles. The maximum Gasteiger partial charge on any atom is 0.259 e. The number of aromatic amines is 1. The van der Waals surface area contributed by atoms with Gasteiger partial charge in [0.05, 0.1) is 11.1 Å². The van der Waals surface area contributed by atoms with Crippen molar-refractivity contribution < 1.29 is 0 Å². The van der Waals surface area contributed by atoms with Gasteiger partial charge in [0.15, 0.2) is 11.0 Å². The number of thiophene rings is 1. The monoisotopic (exact) mass is 396 g/mol. The highest BCUT2D eigenvalue weighted by Gasteiger charge is 2.21. The number of hydrogen-bond donors (Lipinski definition) is 1. The van der Waals surface area contributed by atoms with Crippen LogP contribution in [0.25, 0.3) is 21.6 Å². The smallest absolute Gasteiger partial charge is 0.259 e. The van der Waals surface area contributed by atoms with E-state index in [1.165, 1.54) is 22.2 Å². The van der Waals surface area contributed by atoms with Gasteiger partial charge in [-0.25, -0.2) is 4.98 Å². The fourth-order valence-electron chi connectivity index (χ4n) is 3.44. The van der Waals surface area contributed by atoms with Crippen LogP contribution >= 0.6 is 23.1 Å². The lowest BCUT2D eigenvalue weighted by Gasteiger charge is -2.04. The second-order valence-corrected chi connectivity index (χ2v) is 8.47. The minimum absolute atomic E-state index is 0.0227. The zero-order valence-electron chi connectivity index (χ0n) is 14.6. The third-order valence-corrected chi connectivity index (χ3v) is 6.95. The lowest BCUT2D eigenvalue weighted by molar-refractivity contribution is 0.792. The molecule has 0 spiro atoms. The van der Waals surface area contributed by atoms with Gasteiger partial charge in [-0.15, -0.1) is 21.5 Å². The van der Waals surface area contributed by atoms with E-state index in [-0.39, 0.29) is 5.56 Å². The number of pyridine rings is 1. The van der Waals surface area contributed by atoms with Gasteiger partial charge in [-0.2, -0.15) is 0 Å². The lowest BCUT2D eigenvalue weighted by Crippen LogP contribution is -2.11. The average molecular weight is 397 g/mol. The first-order valence-corrected chi connectivity index (χ1v) is 10.5. The number of thioether (sulfide) groups is 1. The van der Waals surface area contributed by atoms with Crippen LogP contribution in [0.3, 0.4) is 0 Å². The summed E-state index contributed by atoms with van der Waals surface area (Å²) in [6, 6.07) is 3.81. The van der Waals surface area contributed by atoms with E-state index >= 15 is 0 Å². The predicted molar refractivity (Wildman–Crippen MR) is 106 cm³/mol. The summed E-state index contributed by atoms with van der Waals surface area (Å²) in [4.78, 5) is 26.4. The van der Waals surface area contributed by atoms with E-state index in [0.29, 0.717) is 11.6 Å². The van der Waals surface area contributed by atoms with Crippen LogP contribution in [0.2, 0.25) is 0 Å². The van der Waals surface area contributed by atoms with Crippen LogP contribution < -0.4 is 5.56 Å². The summed E-state index contributed by atoms with van der Waals surface area (Å²) in [7, 11) is 1.93. The molecule has 0 unspecified atom stereocenters. The molecule has 9 heteroatoms. The Hall–Kier alpha value is -2.52. The van der Waals surface area contributed by atoms with Crippen molar-refractivity contribution in [3.05, 3.63) is 51.1 Å². The van der Waals surface area contributed by atoms with Crippen LogP contribution in [-0.4, -0.2) is 29.7 Å². The van der Waals surface area contributed by atoms with Gasteiger partial charge in [-0.3, -0.25) is 9.78 Å². The van der Waals surface area contributed by atoms with E-state index in [4.69, 9.17) is 0 Å². The van der Waals surface area contributed by atoms with Gasteiger partial charge in [-0.1, -0.05) is 11.8 Å². The van der Waals surface area contributed by atoms with Gasteiger partial charge >= 0.3 is 0 Å². The summed E-state index contributed by atoms with van der Waals surface area (Å²) < 4.78 is 1.94. The SMILES string of the molecule is Cn1c(SCc2nc3sc4c(c3c(=O)[nH]2)CCC4)nnc1-c1ccncc1. The van der Waals surface area contributed by atoms with Crippen molar-refractivity contribution in [2.75, 3.05) is 0 Å². The summed E-state index contributed by atoms with van der Waals surface area (Å²) in [6.07, 6.45) is 6.67. The van der Waals surface area contributed by atoms with Crippen LogP contribution in [0, 0.1) is 0 Å². The number of nitrogens with one attached hydrogen (secondary N) is 1. The van der Waals surface area contributed by atoms with Crippen molar-refractivity contribution in [3.63, 3.8) is 0 Å². The zero-order chi connectivity index (χ0) is 18.4. The Labute approximate surface area is 162 Å². The quantitative estimate of drug-likeness (QED) is 0.534. The van der Waals surface area contributed by atoms with Crippen molar-refractivity contribution in [2.24, 2.45) is 7.05 Å². The number of hydrogen-bond acceptors (Lipinski definition) is 7. The number of aromatic nitrogens is 6. The van der Waals surface area contributed by atoms with Gasteiger partial charge < -0.3 is 9.55 Å². The maximum absolute atomic E-state index is 12.6. The molecule has 0 aliphatic heterocycles. The Morgan fingerprint density at radius 1 is 1.26 bits per heavy atom. The van der Waals surface area contributed by atoms with Crippen LogP contribution in [0.4, 0.5) is 0 Å². The molecule has 4 heterocycles. The van der Waals surface area contributed by atoms with Gasteiger partial charge in [0.2, 0.25) is 0 Å². The molecule has 7 nitrogen and oxygen atoms in total. The molecular weight excluding hydrogens is 380 g/mol. The lowest BCUT2D eigenvalue weighted by atomic mass is 10.2. The molecule has 0 fully saturated rings. The van der Waals surface area contributed by atoms with E-state index in [9.17, 15) is 4.79 Å². The Kier molecular flexibility index (Phi) is 4.05. The fraction of sp³-hybridized carbons (Fsp3) is 0.278. The van der Waals surface area contributed by atoms with Crippen molar-refractivity contribution in [1.29, 1.82) is 0 Å². The molecule has 0 saturated heterocycles. The van der Waals surface area contributed by atoms with E-state index in [1.54, 1.807) is 23.7 Å². The molecule has 4 aromatic heterocycles. The number of aryl methyl sites for hydroxylation is 2. The molecule has 0 amide bonds. The van der Waals surface area contributed by atoms with Gasteiger partial charge in [0, 0.05) is 29.9 Å². The normalized spacial score (nSPS) is 13.4. The first kappa shape index (κ1) is 16.6. The summed E-state index contributed by atoms with van der Waals surface area (Å²) in [5, 5.41) is 10.1. The second-order valence-electron chi connectivity index (χ2n) is 6.44. The van der Waals surface area contributed by atoms with Crippen LogP contribution in [-0.2, 0) is 25.6 Å². The standard InChI is InChI=1S/C18H16N6OS2/c1-24-15(10-5-7-19-8-6-10)22-23-18(24)26-9-13-20-16(25)14-11-3-2-4-12(11)27-17(14)21-13/h5-8H,2-4,9H2,1H3,(H,20,21,25). The van der Waals surface area contributed by atoms with E-state index in [1.807, 2.05) is 23.7 Å². The van der Waals surface area contributed by atoms with Crippen molar-refractivity contribution in [1.82, 2.24) is 29.7 Å². The number of rotatable bonds is 4. The highest BCUT2D eigenvalue weighted by molar-refractivity contribution is 7.98. The van der Waals surface area contributed by atoms with Gasteiger partial charge in [0.1, 0.15) is 10.7 Å². The van der Waals surface area contributed by atoms with Crippen LogP contribution in [0.5, 0.6) is 0 Å². The van der Waals surface area contributed by atoms with Crippen molar-refractivity contribution in [3.8, 4) is 11.4 Å². The Morgan fingerprint density at radius 2 is 2.11 bits per heavy atom. The van der Waals surface area contributed by atoms with Crippen molar-refractivity contribution in [2.45, 2.75) is 30.2 Å². The molecule has 1 N–H and O–H groups in total. The summed E-state index contributed by atoms with van der Waals surface area (Å²) in [5.41, 5.74) is 2.15. The Morgan fingerprint density at radius 3 is 2.96 bits per heavy atom. The molecule has 1 aliphatic carbocycles. The van der Waals surface area contributed by atoms with Gasteiger partial charge in [-0.05, 0) is 37.0 Å². The molecule has 5 rings (SSSR count). The number of H-pyrrole nitrogens is 1. The van der Waals surface area contributed by atoms with Crippen LogP contribution in [0.1, 0.15) is 22.7 Å². The summed E-state index contributed by atoms with van der Waals surface area (Å²) in [5.74, 6) is 1.99. The van der Waals surface area contributed by atoms with Crippen molar-refractivity contribution >= 4 is 33.3 Å². The maximum atomic E-state index is 12.6. The summed E-state index contributed by atoms with van der Waals surface area (Å²) >= 11 is 3.17. The minimum Gasteiger partial charge on any atom is -0.309 e. The van der Waals surface area contributed by atoms with Gasteiger partial charge in [0.25, 0.3) is 5.56 Å². The molecule has 1 aliphatic rings. The first-order valence-electron chi connectivity index (χ1n) is 8.67. The molecule has 0 radical (unpaired) electrons. The molecule has 0 bridgehead atoms. The van der Waals surface area contributed by atoms with Crippen LogP contribution in [0.15, 0.2) is 34.5 Å². The molecule has 4 aromatic rings. The second kappa shape index (κ2) is 6.58. The Balaban J connectivity index is 1.41. The highest BCUT2D eigenvalue weighted by atomic mass is 32.2. The summed E-state index contributed by atoms with van der Waals surface area (Å²) in [6.45, 7) is 0. The Bertz CT molecular complexity index is 1190. The number of fused-ring (bicyclic) bond motifs is 3. The first-order chi connectivity index (χ1) is 13.2. The molecular formula is C18H16N6OS2. The molecule has 0 saturated carbocycles. The van der Waals surface area contributed by atoms with E-state index < -0.39 is 0 Å². The number of nitrogens with zero attached hydrogens (tertiary/aromatic N) is 5. The molecule has 27 heavy (non-hydrogen) atoms. The fourth-order valence-corrected chi connectivity index (χ4v) is 5.50. The zero-order valence-corrected chi connectivity index (χ0v) is 16.2. The minimum atomic E-state index is -0.0227. The molecule has 136 valence electrons. The third kappa shape index (κ3) is 2.87.